The van der Waals surface area contributed by atoms with Crippen LogP contribution in [-0.4, -0.2) is 22.8 Å². The zero-order valence-corrected chi connectivity index (χ0v) is 7.07. The summed E-state index contributed by atoms with van der Waals surface area (Å²) in [5.74, 6) is 0. The zero-order valence-electron chi connectivity index (χ0n) is 7.07. The largest absolute Gasteiger partial charge is 0.389 e. The van der Waals surface area contributed by atoms with Crippen LogP contribution in [0.25, 0.3) is 0 Å². The van der Waals surface area contributed by atoms with Gasteiger partial charge in [0.15, 0.2) is 0 Å². The summed E-state index contributed by atoms with van der Waals surface area (Å²) in [6.07, 6.45) is 2.26. The van der Waals surface area contributed by atoms with E-state index in [2.05, 4.69) is 12.2 Å². The van der Waals surface area contributed by atoms with Gasteiger partial charge in [0, 0.05) is 5.54 Å². The lowest BCUT2D eigenvalue weighted by Crippen LogP contribution is -2.54. The smallest absolute Gasteiger partial charge is 0.0769 e. The molecule has 1 aliphatic heterocycles. The van der Waals surface area contributed by atoms with E-state index in [4.69, 9.17) is 0 Å². The first-order chi connectivity index (χ1) is 4.46. The second-order valence-electron chi connectivity index (χ2n) is 3.92. The molecule has 1 atom stereocenters. The Bertz CT molecular complexity index is 120. The fraction of sp³-hybridized carbons (Fsp3) is 1.00. The monoisotopic (exact) mass is 159 g/mol. The van der Waals surface area contributed by atoms with Crippen LogP contribution in [0.2, 0.25) is 0 Å². The van der Waals surface area contributed by atoms with Crippen molar-refractivity contribution in [3.05, 3.63) is 0 Å². The number of aliphatic hydroxyl groups is 1. The van der Waals surface area contributed by atoms with Gasteiger partial charge in [-0.05, 0) is 40.2 Å². The maximum atomic E-state index is 9.71. The number of rotatable bonds is 1. The molecule has 1 heterocycles. The summed E-state index contributed by atoms with van der Waals surface area (Å²) in [5.41, 5.74) is -0.656. The molecule has 11 heavy (non-hydrogen) atoms. The number of nitrogens with one attached hydrogen (secondary N) is 1. The third-order valence-corrected chi connectivity index (χ3v) is 2.72. The van der Waals surface area contributed by atoms with Gasteiger partial charge in [0.1, 0.15) is 0 Å². The lowest BCUT2D eigenvalue weighted by Gasteiger charge is -2.37. The van der Waals surface area contributed by atoms with Crippen LogP contribution in [0, 0.1) is 0 Å². The predicted molar refractivity (Wildman–Crippen MR) is 48.7 cm³/mol. The summed E-state index contributed by atoms with van der Waals surface area (Å²) >= 11 is 0. The van der Waals surface area contributed by atoms with E-state index in [0.717, 1.165) is 13.0 Å². The molecule has 0 saturated carbocycles. The van der Waals surface area contributed by atoms with Gasteiger partial charge in [-0.3, -0.25) is 0 Å². The van der Waals surface area contributed by atoms with Gasteiger partial charge in [0.25, 0.3) is 0 Å². The van der Waals surface area contributed by atoms with Crippen molar-refractivity contribution in [3.8, 4) is 0 Å². The fourth-order valence-corrected chi connectivity index (χ4v) is 1.42. The van der Waals surface area contributed by atoms with E-state index in [1.165, 1.54) is 6.42 Å². The summed E-state index contributed by atoms with van der Waals surface area (Å²) in [7, 11) is 0. The van der Waals surface area contributed by atoms with Crippen molar-refractivity contribution < 1.29 is 5.11 Å². The summed E-state index contributed by atoms with van der Waals surface area (Å²) in [6, 6.07) is 0. The maximum Gasteiger partial charge on any atom is 0.0769 e. The summed E-state index contributed by atoms with van der Waals surface area (Å²) < 4.78 is 0. The quantitative estimate of drug-likeness (QED) is 0.608. The van der Waals surface area contributed by atoms with Crippen molar-refractivity contribution in [2.45, 2.75) is 52.2 Å². The molecule has 68 valence electrons. The minimum Gasteiger partial charge on any atom is -0.389 e. The Morgan fingerprint density at radius 1 is 1.45 bits per heavy atom. The molecule has 2 N–H and O–H groups in total. The Hall–Kier alpha value is -0.0800. The summed E-state index contributed by atoms with van der Waals surface area (Å²) in [5, 5.41) is 13.0. The molecule has 1 aliphatic rings. The van der Waals surface area contributed by atoms with Crippen molar-refractivity contribution in [2.24, 2.45) is 0 Å². The third kappa shape index (κ3) is 1.94. The average molecular weight is 159 g/mol. The van der Waals surface area contributed by atoms with Gasteiger partial charge in [0.2, 0.25) is 0 Å². The van der Waals surface area contributed by atoms with Crippen LogP contribution < -0.4 is 5.32 Å². The van der Waals surface area contributed by atoms with E-state index >= 15 is 0 Å². The van der Waals surface area contributed by atoms with Gasteiger partial charge in [0.05, 0.1) is 5.60 Å². The van der Waals surface area contributed by atoms with Gasteiger partial charge in [-0.2, -0.15) is 0 Å². The van der Waals surface area contributed by atoms with Gasteiger partial charge < -0.3 is 10.4 Å². The van der Waals surface area contributed by atoms with Gasteiger partial charge in [-0.25, -0.2) is 0 Å². The zero-order chi connectivity index (χ0) is 7.83. The highest BCUT2D eigenvalue weighted by molar-refractivity contribution is 5.00. The molecule has 0 amide bonds. The maximum absolute atomic E-state index is 9.71. The molecule has 1 rings (SSSR count). The number of hydrogen-bond acceptors (Lipinski definition) is 2. The molecule has 0 bridgehead atoms. The summed E-state index contributed by atoms with van der Waals surface area (Å²) in [6.45, 7) is 6.86. The highest BCUT2D eigenvalue weighted by atomic mass is 16.3. The highest BCUT2D eigenvalue weighted by Gasteiger charge is 2.41. The molecule has 0 aromatic carbocycles. The molecule has 0 unspecified atom stereocenters. The minimum absolute atomic E-state index is 0. The third-order valence-electron chi connectivity index (χ3n) is 2.72. The second kappa shape index (κ2) is 3.11. The standard InChI is InChI=1S/C8H17NO.CH4/c1-7(2,10)8(3)5-4-6-9-8;/h9-10H,4-6H2,1-3H3;1H4/t8-;/m1./s1. The van der Waals surface area contributed by atoms with E-state index in [9.17, 15) is 5.11 Å². The minimum atomic E-state index is -0.594. The predicted octanol–water partition coefficient (Wildman–Crippen LogP) is 1.54. The molecule has 1 fully saturated rings. The van der Waals surface area contributed by atoms with Crippen LogP contribution in [-0.2, 0) is 0 Å². The van der Waals surface area contributed by atoms with Crippen LogP contribution in [0.5, 0.6) is 0 Å². The van der Waals surface area contributed by atoms with E-state index in [-0.39, 0.29) is 13.0 Å². The van der Waals surface area contributed by atoms with E-state index in [1.807, 2.05) is 13.8 Å². The van der Waals surface area contributed by atoms with Crippen molar-refractivity contribution in [2.75, 3.05) is 6.54 Å². The molecule has 1 saturated heterocycles. The first-order valence-corrected chi connectivity index (χ1v) is 3.93. The van der Waals surface area contributed by atoms with Crippen LogP contribution in [0.1, 0.15) is 41.0 Å². The summed E-state index contributed by atoms with van der Waals surface area (Å²) in [4.78, 5) is 0. The van der Waals surface area contributed by atoms with Crippen molar-refractivity contribution in [1.82, 2.24) is 5.32 Å². The molecule has 0 aromatic rings. The molecule has 0 radical (unpaired) electrons. The van der Waals surface area contributed by atoms with Crippen molar-refractivity contribution >= 4 is 0 Å². The van der Waals surface area contributed by atoms with Crippen LogP contribution >= 0.6 is 0 Å². The Balaban J connectivity index is 0.000001000. The fourth-order valence-electron chi connectivity index (χ4n) is 1.42. The van der Waals surface area contributed by atoms with Crippen molar-refractivity contribution in [3.63, 3.8) is 0 Å². The molecular weight excluding hydrogens is 138 g/mol. The Labute approximate surface area is 70.0 Å². The highest BCUT2D eigenvalue weighted by Crippen LogP contribution is 2.29. The SMILES string of the molecule is C.CC(C)(O)[C@@]1(C)CCCN1. The van der Waals surface area contributed by atoms with Crippen LogP contribution in [0.15, 0.2) is 0 Å². The Morgan fingerprint density at radius 3 is 2.18 bits per heavy atom. The molecule has 2 nitrogen and oxygen atoms in total. The van der Waals surface area contributed by atoms with E-state index in [0.29, 0.717) is 0 Å². The topological polar surface area (TPSA) is 32.3 Å². The first-order valence-electron chi connectivity index (χ1n) is 3.93. The molecule has 0 spiro atoms. The van der Waals surface area contributed by atoms with E-state index in [1.54, 1.807) is 0 Å². The second-order valence-corrected chi connectivity index (χ2v) is 3.92. The lowest BCUT2D eigenvalue weighted by molar-refractivity contribution is -0.00415. The number of hydrogen-bond donors (Lipinski definition) is 2. The normalized spacial score (nSPS) is 31.6. The molecule has 0 aromatic heterocycles. The van der Waals surface area contributed by atoms with Crippen LogP contribution in [0.4, 0.5) is 0 Å². The lowest BCUT2D eigenvalue weighted by atomic mass is 9.83. The van der Waals surface area contributed by atoms with Gasteiger partial charge in [-0.15, -0.1) is 0 Å². The van der Waals surface area contributed by atoms with E-state index < -0.39 is 5.60 Å². The molecule has 0 aliphatic carbocycles. The Morgan fingerprint density at radius 2 is 2.00 bits per heavy atom. The first kappa shape index (κ1) is 10.9. The Kier molecular flexibility index (Phi) is 3.09. The van der Waals surface area contributed by atoms with Gasteiger partial charge in [-0.1, -0.05) is 7.43 Å². The molecular formula is C9H21NO. The van der Waals surface area contributed by atoms with Crippen LogP contribution in [0.3, 0.4) is 0 Å². The van der Waals surface area contributed by atoms with Crippen molar-refractivity contribution in [1.29, 1.82) is 0 Å². The average Bonchev–Trinajstić information content (AvgIpc) is 2.13. The molecule has 2 heteroatoms. The van der Waals surface area contributed by atoms with Gasteiger partial charge >= 0.3 is 0 Å².